The normalized spacial score (nSPS) is 26.1. The number of nitrogens with zero attached hydrogens (tertiary/aromatic N) is 2. The molecule has 0 radical (unpaired) electrons. The van der Waals surface area contributed by atoms with Crippen molar-refractivity contribution in [3.8, 4) is 0 Å². The van der Waals surface area contributed by atoms with E-state index < -0.39 is 0 Å². The first-order valence-corrected chi connectivity index (χ1v) is 7.99. The SMILES string of the molecule is Cl.Cl.O=C(N[C@H]1CN2CCC1CC2)c1cc2cccnc2s1. The van der Waals surface area contributed by atoms with Crippen LogP contribution in [0.1, 0.15) is 22.5 Å². The van der Waals surface area contributed by atoms with E-state index in [1.807, 2.05) is 18.2 Å². The third-order valence-corrected chi connectivity index (χ3v) is 5.55. The Morgan fingerprint density at radius 1 is 1.32 bits per heavy atom. The number of carbonyl (C=O) groups excluding carboxylic acids is 1. The molecule has 3 saturated heterocycles. The highest BCUT2D eigenvalue weighted by molar-refractivity contribution is 7.20. The molecule has 5 rings (SSSR count). The first kappa shape index (κ1) is 17.5. The molecule has 0 unspecified atom stereocenters. The van der Waals surface area contributed by atoms with Gasteiger partial charge < -0.3 is 10.2 Å². The highest BCUT2D eigenvalue weighted by atomic mass is 35.5. The minimum atomic E-state index is 0. The number of fused-ring (bicyclic) bond motifs is 4. The lowest BCUT2D eigenvalue weighted by Gasteiger charge is -2.44. The fraction of sp³-hybridized carbons (Fsp3) is 0.467. The molecule has 0 spiro atoms. The molecule has 1 amide bonds. The van der Waals surface area contributed by atoms with Crippen LogP contribution in [0, 0.1) is 5.92 Å². The first-order valence-electron chi connectivity index (χ1n) is 7.17. The third kappa shape index (κ3) is 3.23. The van der Waals surface area contributed by atoms with Crippen LogP contribution in [0.15, 0.2) is 24.4 Å². The van der Waals surface area contributed by atoms with Gasteiger partial charge in [-0.1, -0.05) is 6.07 Å². The number of rotatable bonds is 2. The lowest BCUT2D eigenvalue weighted by molar-refractivity contribution is 0.0622. The van der Waals surface area contributed by atoms with Crippen molar-refractivity contribution in [3.05, 3.63) is 29.3 Å². The van der Waals surface area contributed by atoms with Crippen LogP contribution < -0.4 is 5.32 Å². The fourth-order valence-electron chi connectivity index (χ4n) is 3.35. The number of thiophene rings is 1. The highest BCUT2D eigenvalue weighted by Crippen LogP contribution is 2.28. The molecule has 1 atom stereocenters. The number of amides is 1. The van der Waals surface area contributed by atoms with E-state index in [1.54, 1.807) is 6.20 Å². The second-order valence-corrected chi connectivity index (χ2v) is 6.76. The summed E-state index contributed by atoms with van der Waals surface area (Å²) in [6.45, 7) is 3.41. The van der Waals surface area contributed by atoms with Crippen molar-refractivity contribution in [1.82, 2.24) is 15.2 Å². The highest BCUT2D eigenvalue weighted by Gasteiger charge is 2.35. The van der Waals surface area contributed by atoms with Gasteiger partial charge in [0.1, 0.15) is 4.83 Å². The Morgan fingerprint density at radius 3 is 2.73 bits per heavy atom. The van der Waals surface area contributed by atoms with E-state index >= 15 is 0 Å². The minimum absolute atomic E-state index is 0. The van der Waals surface area contributed by atoms with Gasteiger partial charge in [-0.25, -0.2) is 4.98 Å². The Balaban J connectivity index is 0.000000882. The molecule has 0 aliphatic carbocycles. The van der Waals surface area contributed by atoms with Gasteiger partial charge in [-0.15, -0.1) is 36.2 Å². The van der Waals surface area contributed by atoms with Gasteiger partial charge in [0, 0.05) is 24.2 Å². The topological polar surface area (TPSA) is 45.2 Å². The average Bonchev–Trinajstić information content (AvgIpc) is 2.92. The van der Waals surface area contributed by atoms with Crippen molar-refractivity contribution in [2.24, 2.45) is 5.92 Å². The molecule has 0 aromatic carbocycles. The molecule has 4 nitrogen and oxygen atoms in total. The molecule has 2 aromatic heterocycles. The molecule has 0 saturated carbocycles. The van der Waals surface area contributed by atoms with Crippen LogP contribution in [0.5, 0.6) is 0 Å². The summed E-state index contributed by atoms with van der Waals surface area (Å²) in [5.41, 5.74) is 0. The van der Waals surface area contributed by atoms with Crippen molar-refractivity contribution >= 4 is 52.3 Å². The molecule has 3 aliphatic rings. The van der Waals surface area contributed by atoms with Crippen LogP contribution in [0.25, 0.3) is 10.2 Å². The summed E-state index contributed by atoms with van der Waals surface area (Å²) in [5, 5.41) is 4.28. The van der Waals surface area contributed by atoms with Crippen LogP contribution >= 0.6 is 36.2 Å². The maximum Gasteiger partial charge on any atom is 0.261 e. The molecule has 7 heteroatoms. The maximum absolute atomic E-state index is 12.4. The zero-order valence-electron chi connectivity index (χ0n) is 12.0. The molecule has 2 bridgehead atoms. The number of hydrogen-bond donors (Lipinski definition) is 1. The van der Waals surface area contributed by atoms with Crippen LogP contribution in [-0.4, -0.2) is 41.5 Å². The van der Waals surface area contributed by atoms with Gasteiger partial charge in [-0.05, 0) is 44.0 Å². The smallest absolute Gasteiger partial charge is 0.261 e. The summed E-state index contributed by atoms with van der Waals surface area (Å²) in [5.74, 6) is 0.725. The van der Waals surface area contributed by atoms with Gasteiger partial charge in [-0.3, -0.25) is 4.79 Å². The number of pyridine rings is 1. The van der Waals surface area contributed by atoms with Crippen molar-refractivity contribution in [3.63, 3.8) is 0 Å². The number of aromatic nitrogens is 1. The molecule has 3 fully saturated rings. The van der Waals surface area contributed by atoms with Crippen LogP contribution in [-0.2, 0) is 0 Å². The zero-order chi connectivity index (χ0) is 13.5. The number of hydrogen-bond acceptors (Lipinski definition) is 4. The molecule has 2 aromatic rings. The summed E-state index contributed by atoms with van der Waals surface area (Å²) in [6.07, 6.45) is 4.21. The minimum Gasteiger partial charge on any atom is -0.347 e. The number of piperidine rings is 3. The lowest BCUT2D eigenvalue weighted by Crippen LogP contribution is -2.57. The average molecular weight is 360 g/mol. The molecule has 120 valence electrons. The molecule has 1 N–H and O–H groups in total. The predicted octanol–water partition coefficient (Wildman–Crippen LogP) is 2.96. The third-order valence-electron chi connectivity index (χ3n) is 4.49. The van der Waals surface area contributed by atoms with Crippen LogP contribution in [0.2, 0.25) is 0 Å². The second kappa shape index (κ2) is 7.13. The van der Waals surface area contributed by atoms with Crippen molar-refractivity contribution in [2.75, 3.05) is 19.6 Å². The molecule has 3 aliphatic heterocycles. The molecular formula is C15H19Cl2N3OS. The molecule has 22 heavy (non-hydrogen) atoms. The quantitative estimate of drug-likeness (QED) is 0.896. The van der Waals surface area contributed by atoms with Gasteiger partial charge in [-0.2, -0.15) is 0 Å². The fourth-order valence-corrected chi connectivity index (χ4v) is 4.26. The van der Waals surface area contributed by atoms with Crippen LogP contribution in [0.4, 0.5) is 0 Å². The van der Waals surface area contributed by atoms with Crippen molar-refractivity contribution < 1.29 is 4.79 Å². The monoisotopic (exact) mass is 359 g/mol. The lowest BCUT2D eigenvalue weighted by atomic mass is 9.84. The van der Waals surface area contributed by atoms with E-state index in [-0.39, 0.29) is 30.7 Å². The van der Waals surface area contributed by atoms with Gasteiger partial charge >= 0.3 is 0 Å². The van der Waals surface area contributed by atoms with Crippen LogP contribution in [0.3, 0.4) is 0 Å². The van der Waals surface area contributed by atoms with Gasteiger partial charge in [0.25, 0.3) is 5.91 Å². The van der Waals surface area contributed by atoms with Gasteiger partial charge in [0.2, 0.25) is 0 Å². The molecular weight excluding hydrogens is 341 g/mol. The van der Waals surface area contributed by atoms with Gasteiger partial charge in [0.05, 0.1) is 4.88 Å². The Kier molecular flexibility index (Phi) is 5.66. The van der Waals surface area contributed by atoms with Crippen molar-refractivity contribution in [2.45, 2.75) is 18.9 Å². The second-order valence-electron chi connectivity index (χ2n) is 5.73. The summed E-state index contributed by atoms with van der Waals surface area (Å²) >= 11 is 1.48. The number of carbonyl (C=O) groups is 1. The predicted molar refractivity (Wildman–Crippen MR) is 94.5 cm³/mol. The van der Waals surface area contributed by atoms with Crippen molar-refractivity contribution in [1.29, 1.82) is 0 Å². The van der Waals surface area contributed by atoms with E-state index in [9.17, 15) is 4.79 Å². The van der Waals surface area contributed by atoms with E-state index in [4.69, 9.17) is 0 Å². The Bertz CT molecular complexity index is 622. The Labute approximate surface area is 146 Å². The summed E-state index contributed by atoms with van der Waals surface area (Å²) in [7, 11) is 0. The summed E-state index contributed by atoms with van der Waals surface area (Å²) in [4.78, 5) is 20.9. The maximum atomic E-state index is 12.4. The van der Waals surface area contributed by atoms with E-state index in [1.165, 1.54) is 37.3 Å². The van der Waals surface area contributed by atoms with E-state index in [0.29, 0.717) is 12.0 Å². The Morgan fingerprint density at radius 2 is 2.09 bits per heavy atom. The van der Waals surface area contributed by atoms with Gasteiger partial charge in [0.15, 0.2) is 0 Å². The summed E-state index contributed by atoms with van der Waals surface area (Å²) < 4.78 is 0. The number of halogens is 2. The first-order chi connectivity index (χ1) is 9.79. The molecule has 5 heterocycles. The largest absolute Gasteiger partial charge is 0.347 e. The van der Waals surface area contributed by atoms with E-state index in [0.717, 1.165) is 21.6 Å². The number of nitrogens with one attached hydrogen (secondary N) is 1. The Hall–Kier alpha value is -0.880. The van der Waals surface area contributed by atoms with E-state index in [2.05, 4.69) is 15.2 Å². The summed E-state index contributed by atoms with van der Waals surface area (Å²) in [6, 6.07) is 6.18. The zero-order valence-corrected chi connectivity index (χ0v) is 14.5. The standard InChI is InChI=1S/C15H17N3OS.2ClH/c19-14(13-8-11-2-1-5-16-15(11)20-13)17-12-9-18-6-3-10(12)4-7-18;;/h1-2,5,8,10,12H,3-4,6-7,9H2,(H,17,19);2*1H/t12-;;/m0../s1.